The van der Waals surface area contributed by atoms with Gasteiger partial charge in [0.2, 0.25) is 0 Å². The first-order chi connectivity index (χ1) is 12.3. The molecule has 0 unspecified atom stereocenters. The summed E-state index contributed by atoms with van der Waals surface area (Å²) in [5.41, 5.74) is 7.47. The van der Waals surface area contributed by atoms with Crippen molar-refractivity contribution in [2.45, 2.75) is 26.2 Å². The molecule has 8 heteroatoms. The molecule has 3 rings (SSSR count). The van der Waals surface area contributed by atoms with Crippen molar-refractivity contribution in [1.29, 1.82) is 0 Å². The van der Waals surface area contributed by atoms with Crippen LogP contribution in [0.1, 0.15) is 44.5 Å². The molecule has 0 aliphatic heterocycles. The summed E-state index contributed by atoms with van der Waals surface area (Å²) in [4.78, 5) is 25.4. The van der Waals surface area contributed by atoms with Crippen LogP contribution in [0.25, 0.3) is 0 Å². The van der Waals surface area contributed by atoms with Crippen molar-refractivity contribution in [1.82, 2.24) is 5.32 Å². The second-order valence-corrected chi connectivity index (χ2v) is 8.29. The van der Waals surface area contributed by atoms with E-state index in [1.165, 1.54) is 11.3 Å². The normalized spacial score (nSPS) is 15.8. The Morgan fingerprint density at radius 3 is 2.85 bits per heavy atom. The molecule has 4 N–H and O–H groups in total. The van der Waals surface area contributed by atoms with Gasteiger partial charge in [0.05, 0.1) is 5.56 Å². The molecule has 5 nitrogen and oxygen atoms in total. The maximum absolute atomic E-state index is 12.3. The van der Waals surface area contributed by atoms with Crippen LogP contribution in [0.2, 0.25) is 5.02 Å². The third-order valence-electron chi connectivity index (χ3n) is 4.30. The highest BCUT2D eigenvalue weighted by atomic mass is 35.5. The van der Waals surface area contributed by atoms with Crippen LogP contribution < -0.4 is 16.4 Å². The molecule has 0 fully saturated rings. The summed E-state index contributed by atoms with van der Waals surface area (Å²) in [6.07, 6.45) is 2.78. The molecule has 1 aromatic heterocycles. The number of nitrogens with two attached hydrogens (primary N) is 1. The number of primary amides is 1. The molecule has 1 aromatic carbocycles. The highest BCUT2D eigenvalue weighted by Gasteiger charge is 2.27. The van der Waals surface area contributed by atoms with E-state index in [0.29, 0.717) is 27.1 Å². The minimum atomic E-state index is -0.483. The minimum Gasteiger partial charge on any atom is -0.365 e. The monoisotopic (exact) mass is 407 g/mol. The summed E-state index contributed by atoms with van der Waals surface area (Å²) in [5.74, 6) is -0.284. The first kappa shape index (κ1) is 18.8. The Morgan fingerprint density at radius 1 is 1.38 bits per heavy atom. The highest BCUT2D eigenvalue weighted by Crippen LogP contribution is 2.39. The van der Waals surface area contributed by atoms with Gasteiger partial charge in [0, 0.05) is 15.5 Å². The van der Waals surface area contributed by atoms with Crippen molar-refractivity contribution < 1.29 is 9.59 Å². The molecular weight excluding hydrogens is 390 g/mol. The SMILES string of the molecule is C[C@H]1CCc2c(sc(NC(=S)NC(=O)c3cccc(Cl)c3)c2C(N)=O)C1. The molecule has 0 radical (unpaired) electrons. The largest absolute Gasteiger partial charge is 0.365 e. The maximum Gasteiger partial charge on any atom is 0.257 e. The Morgan fingerprint density at radius 2 is 2.15 bits per heavy atom. The zero-order valence-corrected chi connectivity index (χ0v) is 16.5. The topological polar surface area (TPSA) is 84.2 Å². The van der Waals surface area contributed by atoms with Crippen LogP contribution in [0.3, 0.4) is 0 Å². The number of nitrogens with one attached hydrogen (secondary N) is 2. The predicted octanol–water partition coefficient (Wildman–Crippen LogP) is 3.75. The van der Waals surface area contributed by atoms with Crippen molar-refractivity contribution in [3.63, 3.8) is 0 Å². The minimum absolute atomic E-state index is 0.115. The smallest absolute Gasteiger partial charge is 0.257 e. The molecule has 0 saturated heterocycles. The zero-order valence-electron chi connectivity index (χ0n) is 14.1. The molecule has 136 valence electrons. The van der Waals surface area contributed by atoms with Crippen LogP contribution >= 0.6 is 35.2 Å². The van der Waals surface area contributed by atoms with E-state index < -0.39 is 5.91 Å². The molecule has 1 heterocycles. The van der Waals surface area contributed by atoms with E-state index in [0.717, 1.165) is 29.7 Å². The summed E-state index contributed by atoms with van der Waals surface area (Å²) in [6, 6.07) is 6.57. The van der Waals surface area contributed by atoms with Gasteiger partial charge in [0.15, 0.2) is 5.11 Å². The summed E-state index contributed by atoms with van der Waals surface area (Å²) < 4.78 is 0. The van der Waals surface area contributed by atoms with E-state index in [1.54, 1.807) is 24.3 Å². The van der Waals surface area contributed by atoms with Gasteiger partial charge < -0.3 is 11.1 Å². The number of thiophene rings is 1. The fraction of sp³-hybridized carbons (Fsp3) is 0.278. The fourth-order valence-corrected chi connectivity index (χ4v) is 4.91. The average molecular weight is 408 g/mol. The molecule has 26 heavy (non-hydrogen) atoms. The van der Waals surface area contributed by atoms with Crippen LogP contribution in [0, 0.1) is 5.92 Å². The fourth-order valence-electron chi connectivity index (χ4n) is 3.04. The van der Waals surface area contributed by atoms with Crippen LogP contribution in [-0.4, -0.2) is 16.9 Å². The Hall–Kier alpha value is -1.96. The molecule has 2 aromatic rings. The summed E-state index contributed by atoms with van der Waals surface area (Å²) in [6.45, 7) is 2.19. The van der Waals surface area contributed by atoms with Crippen molar-refractivity contribution in [2.24, 2.45) is 11.7 Å². The lowest BCUT2D eigenvalue weighted by Gasteiger charge is -2.18. The van der Waals surface area contributed by atoms with Crippen molar-refractivity contribution in [3.8, 4) is 0 Å². The van der Waals surface area contributed by atoms with Gasteiger partial charge in [-0.05, 0) is 61.2 Å². The lowest BCUT2D eigenvalue weighted by Crippen LogP contribution is -2.34. The third kappa shape index (κ3) is 4.06. The van der Waals surface area contributed by atoms with E-state index in [2.05, 4.69) is 17.6 Å². The number of fused-ring (bicyclic) bond motifs is 1. The number of amides is 2. The molecule has 0 bridgehead atoms. The second-order valence-electron chi connectivity index (χ2n) is 6.34. The first-order valence-electron chi connectivity index (χ1n) is 8.17. The van der Waals surface area contributed by atoms with E-state index in [-0.39, 0.29) is 11.0 Å². The van der Waals surface area contributed by atoms with Gasteiger partial charge in [-0.3, -0.25) is 14.9 Å². The van der Waals surface area contributed by atoms with Gasteiger partial charge in [0.25, 0.3) is 11.8 Å². The summed E-state index contributed by atoms with van der Waals surface area (Å²) in [7, 11) is 0. The lowest BCUT2D eigenvalue weighted by molar-refractivity contribution is 0.0975. The van der Waals surface area contributed by atoms with Gasteiger partial charge >= 0.3 is 0 Å². The highest BCUT2D eigenvalue weighted by molar-refractivity contribution is 7.80. The molecule has 0 saturated carbocycles. The summed E-state index contributed by atoms with van der Waals surface area (Å²) in [5, 5.41) is 6.74. The van der Waals surface area contributed by atoms with Crippen LogP contribution in [-0.2, 0) is 12.8 Å². The van der Waals surface area contributed by atoms with Crippen molar-refractivity contribution >= 4 is 57.1 Å². The van der Waals surface area contributed by atoms with Gasteiger partial charge in [-0.1, -0.05) is 24.6 Å². The number of benzene rings is 1. The van der Waals surface area contributed by atoms with Crippen molar-refractivity contribution in [2.75, 3.05) is 5.32 Å². The van der Waals surface area contributed by atoms with Crippen molar-refractivity contribution in [3.05, 3.63) is 50.9 Å². The Balaban J connectivity index is 1.77. The molecule has 2 amide bonds. The van der Waals surface area contributed by atoms with Gasteiger partial charge in [-0.25, -0.2) is 0 Å². The second kappa shape index (κ2) is 7.73. The Bertz CT molecular complexity index is 895. The quantitative estimate of drug-likeness (QED) is 0.676. The maximum atomic E-state index is 12.3. The number of carbonyl (C=O) groups is 2. The molecular formula is C18H18ClN3O2S2. The number of rotatable bonds is 3. The number of anilines is 1. The van der Waals surface area contributed by atoms with Gasteiger partial charge in [0.1, 0.15) is 5.00 Å². The van der Waals surface area contributed by atoms with E-state index in [9.17, 15) is 9.59 Å². The van der Waals surface area contributed by atoms with Gasteiger partial charge in [-0.2, -0.15) is 0 Å². The number of thiocarbonyl (C=S) groups is 1. The average Bonchev–Trinajstić information content (AvgIpc) is 2.91. The van der Waals surface area contributed by atoms with Gasteiger partial charge in [-0.15, -0.1) is 11.3 Å². The molecule has 1 atom stereocenters. The predicted molar refractivity (Wildman–Crippen MR) is 109 cm³/mol. The van der Waals surface area contributed by atoms with E-state index >= 15 is 0 Å². The molecule has 0 spiro atoms. The summed E-state index contributed by atoms with van der Waals surface area (Å²) >= 11 is 12.6. The van der Waals surface area contributed by atoms with Crippen LogP contribution in [0.15, 0.2) is 24.3 Å². The zero-order chi connectivity index (χ0) is 18.8. The Labute approximate surface area is 165 Å². The molecule has 1 aliphatic carbocycles. The van der Waals surface area contributed by atoms with Crippen LogP contribution in [0.4, 0.5) is 5.00 Å². The number of carbonyl (C=O) groups excluding carboxylic acids is 2. The first-order valence-corrected chi connectivity index (χ1v) is 9.77. The third-order valence-corrected chi connectivity index (χ3v) is 5.91. The number of hydrogen-bond donors (Lipinski definition) is 3. The van der Waals surface area contributed by atoms with E-state index in [1.807, 2.05) is 0 Å². The number of hydrogen-bond acceptors (Lipinski definition) is 4. The standard InChI is InChI=1S/C18H18ClN3O2S2/c1-9-5-6-12-13(7-9)26-17(14(12)15(20)23)22-18(25)21-16(24)10-3-2-4-11(19)8-10/h2-4,8-9H,5-7H2,1H3,(H2,20,23)(H2,21,22,24,25)/t9-/m0/s1. The lowest BCUT2D eigenvalue weighted by atomic mass is 9.88. The van der Waals surface area contributed by atoms with Crippen LogP contribution in [0.5, 0.6) is 0 Å². The van der Waals surface area contributed by atoms with E-state index in [4.69, 9.17) is 29.6 Å². The number of halogens is 1. The molecule has 1 aliphatic rings. The Kier molecular flexibility index (Phi) is 5.60.